The van der Waals surface area contributed by atoms with E-state index in [1.165, 1.54) is 0 Å². The van der Waals surface area contributed by atoms with Gasteiger partial charge in [-0.05, 0) is 75.8 Å². The van der Waals surface area contributed by atoms with Crippen LogP contribution in [0.1, 0.15) is 67.2 Å². The molecule has 1 aliphatic rings. The summed E-state index contributed by atoms with van der Waals surface area (Å²) in [6.45, 7) is 4.42. The average Bonchev–Trinajstić information content (AvgIpc) is 2.66. The Labute approximate surface area is 155 Å². The van der Waals surface area contributed by atoms with Crippen LogP contribution in [0, 0.1) is 0 Å². The molecule has 1 aliphatic heterocycles. The Morgan fingerprint density at radius 2 is 1.96 bits per heavy atom. The van der Waals surface area contributed by atoms with E-state index in [1.54, 1.807) is 6.20 Å². The molecule has 26 heavy (non-hydrogen) atoms. The Morgan fingerprint density at radius 3 is 2.62 bits per heavy atom. The summed E-state index contributed by atoms with van der Waals surface area (Å²) in [5.74, 6) is 0.0781. The minimum atomic E-state index is -0.668. The van der Waals surface area contributed by atoms with Crippen LogP contribution in [0.2, 0.25) is 0 Å². The smallest absolute Gasteiger partial charge is 0.254 e. The van der Waals surface area contributed by atoms with Crippen molar-refractivity contribution in [1.29, 1.82) is 0 Å². The molecular weight excluding hydrogens is 324 g/mol. The molecule has 2 heterocycles. The summed E-state index contributed by atoms with van der Waals surface area (Å²) < 4.78 is 0. The van der Waals surface area contributed by atoms with Crippen LogP contribution in [0.3, 0.4) is 0 Å². The Bertz CT molecular complexity index is 720. The van der Waals surface area contributed by atoms with Gasteiger partial charge in [0.15, 0.2) is 0 Å². The van der Waals surface area contributed by atoms with E-state index in [0.29, 0.717) is 6.42 Å². The summed E-state index contributed by atoms with van der Waals surface area (Å²) in [5, 5.41) is 9.86. The number of benzene rings is 1. The first-order chi connectivity index (χ1) is 12.4. The minimum Gasteiger partial charge on any atom is -0.390 e. The third-order valence-electron chi connectivity index (χ3n) is 5.02. The number of carbonyl (C=O) groups is 1. The highest BCUT2D eigenvalue weighted by Gasteiger charge is 2.29. The first kappa shape index (κ1) is 18.6. The lowest BCUT2D eigenvalue weighted by Crippen LogP contribution is -2.38. The van der Waals surface area contributed by atoms with Gasteiger partial charge in [0.25, 0.3) is 5.91 Å². The van der Waals surface area contributed by atoms with Gasteiger partial charge in [-0.1, -0.05) is 18.2 Å². The Morgan fingerprint density at radius 1 is 1.19 bits per heavy atom. The van der Waals surface area contributed by atoms with E-state index in [0.717, 1.165) is 49.0 Å². The first-order valence-corrected chi connectivity index (χ1v) is 9.47. The maximum Gasteiger partial charge on any atom is 0.254 e. The van der Waals surface area contributed by atoms with Crippen molar-refractivity contribution in [3.05, 3.63) is 65.5 Å². The lowest BCUT2D eigenvalue weighted by Gasteiger charge is -2.35. The van der Waals surface area contributed by atoms with Gasteiger partial charge < -0.3 is 10.0 Å². The van der Waals surface area contributed by atoms with Gasteiger partial charge in [0, 0.05) is 18.3 Å². The van der Waals surface area contributed by atoms with Gasteiger partial charge in [0.2, 0.25) is 0 Å². The number of hydrogen-bond donors (Lipinski definition) is 1. The van der Waals surface area contributed by atoms with Crippen LogP contribution in [0.5, 0.6) is 0 Å². The minimum absolute atomic E-state index is 0.0623. The number of hydrogen-bond acceptors (Lipinski definition) is 3. The lowest BCUT2D eigenvalue weighted by molar-refractivity contribution is 0.0605. The number of rotatable bonds is 5. The normalized spacial score (nSPS) is 18.0. The molecule has 4 heteroatoms. The highest BCUT2D eigenvalue weighted by Crippen LogP contribution is 2.31. The molecule has 4 nitrogen and oxygen atoms in total. The molecule has 0 radical (unpaired) electrons. The monoisotopic (exact) mass is 352 g/mol. The molecule has 138 valence electrons. The first-order valence-electron chi connectivity index (χ1n) is 9.47. The van der Waals surface area contributed by atoms with Crippen molar-refractivity contribution in [2.75, 3.05) is 6.54 Å². The second kappa shape index (κ2) is 8.00. The molecule has 1 aromatic carbocycles. The molecule has 0 bridgehead atoms. The third-order valence-corrected chi connectivity index (χ3v) is 5.02. The third kappa shape index (κ3) is 4.70. The van der Waals surface area contributed by atoms with Crippen molar-refractivity contribution < 1.29 is 9.90 Å². The molecule has 1 aromatic heterocycles. The number of piperidine rings is 1. The van der Waals surface area contributed by atoms with Gasteiger partial charge >= 0.3 is 0 Å². The summed E-state index contributed by atoms with van der Waals surface area (Å²) in [7, 11) is 0. The fourth-order valence-electron chi connectivity index (χ4n) is 3.49. The molecule has 2 aromatic rings. The molecule has 0 aliphatic carbocycles. The van der Waals surface area contributed by atoms with Gasteiger partial charge in [0.1, 0.15) is 0 Å². The molecule has 1 N–H and O–H groups in total. The molecular formula is C22H28N2O2. The predicted molar refractivity (Wildman–Crippen MR) is 103 cm³/mol. The number of aromatic nitrogens is 1. The summed E-state index contributed by atoms with van der Waals surface area (Å²) in [6.07, 6.45) is 6.43. The van der Waals surface area contributed by atoms with Crippen LogP contribution in [0.4, 0.5) is 0 Å². The molecule has 3 rings (SSSR count). The standard InChI is InChI=1S/C22H28N2O2/c1-22(2,26)14-13-17-9-11-18(12-10-17)21(25)24-16-6-4-8-20(24)19-7-3-5-15-23-19/h3,5,7,9-12,15,20,26H,4,6,8,13-14,16H2,1-2H3/t20-/m0/s1. The lowest BCUT2D eigenvalue weighted by atomic mass is 9.96. The zero-order chi connectivity index (χ0) is 18.6. The van der Waals surface area contributed by atoms with E-state index in [2.05, 4.69) is 4.98 Å². The van der Waals surface area contributed by atoms with Crippen LogP contribution in [0.15, 0.2) is 48.7 Å². The highest BCUT2D eigenvalue weighted by atomic mass is 16.3. The summed E-state index contributed by atoms with van der Waals surface area (Å²) in [6, 6.07) is 13.8. The SMILES string of the molecule is CC(C)(O)CCc1ccc(C(=O)N2CCCC[C@H]2c2ccccn2)cc1. The zero-order valence-corrected chi connectivity index (χ0v) is 15.7. The molecule has 0 unspecified atom stereocenters. The number of carbonyl (C=O) groups excluding carboxylic acids is 1. The molecule has 0 saturated carbocycles. The molecule has 1 saturated heterocycles. The maximum absolute atomic E-state index is 13.1. The van der Waals surface area contributed by atoms with Crippen LogP contribution in [0.25, 0.3) is 0 Å². The van der Waals surface area contributed by atoms with Gasteiger partial charge in [-0.2, -0.15) is 0 Å². The molecule has 1 amide bonds. The van der Waals surface area contributed by atoms with Gasteiger partial charge in [-0.25, -0.2) is 0 Å². The molecule has 1 fully saturated rings. The Hall–Kier alpha value is -2.20. The van der Waals surface area contributed by atoms with Crippen LogP contribution >= 0.6 is 0 Å². The predicted octanol–water partition coefficient (Wildman–Crippen LogP) is 4.15. The van der Waals surface area contributed by atoms with Crippen LogP contribution < -0.4 is 0 Å². The van der Waals surface area contributed by atoms with E-state index in [1.807, 2.05) is 61.2 Å². The number of aliphatic hydroxyl groups is 1. The van der Waals surface area contributed by atoms with Gasteiger partial charge in [-0.15, -0.1) is 0 Å². The van der Waals surface area contributed by atoms with E-state index >= 15 is 0 Å². The number of aryl methyl sites for hydroxylation is 1. The molecule has 1 atom stereocenters. The van der Waals surface area contributed by atoms with Crippen LogP contribution in [-0.2, 0) is 6.42 Å². The van der Waals surface area contributed by atoms with Gasteiger partial charge in [-0.3, -0.25) is 9.78 Å². The summed E-state index contributed by atoms with van der Waals surface area (Å²) in [4.78, 5) is 19.5. The van der Waals surface area contributed by atoms with Crippen molar-refractivity contribution >= 4 is 5.91 Å². The van der Waals surface area contributed by atoms with E-state index in [-0.39, 0.29) is 11.9 Å². The fourth-order valence-corrected chi connectivity index (χ4v) is 3.49. The van der Waals surface area contributed by atoms with Crippen molar-refractivity contribution in [3.8, 4) is 0 Å². The quantitative estimate of drug-likeness (QED) is 0.879. The number of pyridine rings is 1. The van der Waals surface area contributed by atoms with E-state index < -0.39 is 5.60 Å². The van der Waals surface area contributed by atoms with Crippen molar-refractivity contribution in [2.45, 2.75) is 57.6 Å². The highest BCUT2D eigenvalue weighted by molar-refractivity contribution is 5.94. The van der Waals surface area contributed by atoms with Crippen molar-refractivity contribution in [1.82, 2.24) is 9.88 Å². The topological polar surface area (TPSA) is 53.4 Å². The molecule has 0 spiro atoms. The zero-order valence-electron chi connectivity index (χ0n) is 15.7. The second-order valence-electron chi connectivity index (χ2n) is 7.77. The maximum atomic E-state index is 13.1. The second-order valence-corrected chi connectivity index (χ2v) is 7.77. The Balaban J connectivity index is 1.72. The number of amides is 1. The summed E-state index contributed by atoms with van der Waals surface area (Å²) >= 11 is 0. The van der Waals surface area contributed by atoms with Crippen molar-refractivity contribution in [3.63, 3.8) is 0 Å². The van der Waals surface area contributed by atoms with Crippen molar-refractivity contribution in [2.24, 2.45) is 0 Å². The average molecular weight is 352 g/mol. The summed E-state index contributed by atoms with van der Waals surface area (Å²) in [5.41, 5.74) is 2.17. The fraction of sp³-hybridized carbons (Fsp3) is 0.455. The van der Waals surface area contributed by atoms with Gasteiger partial charge in [0.05, 0.1) is 17.3 Å². The van der Waals surface area contributed by atoms with Crippen LogP contribution in [-0.4, -0.2) is 33.0 Å². The number of nitrogens with zero attached hydrogens (tertiary/aromatic N) is 2. The number of likely N-dealkylation sites (tertiary alicyclic amines) is 1. The largest absolute Gasteiger partial charge is 0.390 e. The Kier molecular flexibility index (Phi) is 5.72. The van der Waals surface area contributed by atoms with E-state index in [9.17, 15) is 9.90 Å². The van der Waals surface area contributed by atoms with E-state index in [4.69, 9.17) is 0 Å².